The molecule has 0 heterocycles. The molecule has 0 atom stereocenters. The van der Waals surface area contributed by atoms with E-state index in [4.69, 9.17) is 16.7 Å². The van der Waals surface area contributed by atoms with Crippen molar-refractivity contribution in [2.75, 3.05) is 6.61 Å². The fraction of sp³-hybridized carbons (Fsp3) is 0.364. The topological polar surface area (TPSA) is 20.2 Å². The first-order valence-electron chi connectivity index (χ1n) is 4.41. The lowest BCUT2D eigenvalue weighted by Crippen LogP contribution is -2.02. The number of aliphatic hydroxyl groups excluding tert-OH is 1. The second kappa shape index (κ2) is 4.64. The van der Waals surface area contributed by atoms with Crippen molar-refractivity contribution in [2.45, 2.75) is 20.3 Å². The lowest BCUT2D eigenvalue weighted by Gasteiger charge is -2.12. The third kappa shape index (κ3) is 2.23. The fourth-order valence-electron chi connectivity index (χ4n) is 1.27. The van der Waals surface area contributed by atoms with Crippen molar-refractivity contribution in [2.24, 2.45) is 0 Å². The number of hydrogen-bond donors (Lipinski definition) is 1. The minimum absolute atomic E-state index is 0.0624. The third-order valence-corrected chi connectivity index (χ3v) is 2.60. The number of aryl methyl sites for hydroxylation is 1. The molecule has 0 bridgehead atoms. The van der Waals surface area contributed by atoms with E-state index >= 15 is 0 Å². The van der Waals surface area contributed by atoms with Crippen LogP contribution in [0.5, 0.6) is 0 Å². The molecule has 0 aliphatic rings. The minimum atomic E-state index is 0.0624. The first kappa shape index (κ1) is 10.6. The highest BCUT2D eigenvalue weighted by molar-refractivity contribution is 6.32. The molecule has 0 saturated heterocycles. The molecule has 0 amide bonds. The molecule has 0 saturated carbocycles. The summed E-state index contributed by atoms with van der Waals surface area (Å²) in [4.78, 5) is 0. The summed E-state index contributed by atoms with van der Waals surface area (Å²) in [6.45, 7) is 4.02. The van der Waals surface area contributed by atoms with Crippen LogP contribution >= 0.6 is 11.6 Å². The van der Waals surface area contributed by atoms with Crippen molar-refractivity contribution >= 4 is 11.6 Å². The van der Waals surface area contributed by atoms with Crippen LogP contribution in [0.25, 0.3) is 0 Å². The summed E-state index contributed by atoms with van der Waals surface area (Å²) < 4.78 is 0. The second-order valence-corrected chi connectivity index (χ2v) is 3.45. The molecular weight excluding hydrogens is 184 g/mol. The summed E-state index contributed by atoms with van der Waals surface area (Å²) in [5.74, 6) is 0.917. The normalized spacial score (nSPS) is 10.8. The Bertz CT molecular complexity index is 283. The van der Waals surface area contributed by atoms with Crippen LogP contribution in [0, 0.1) is 5.92 Å². The van der Waals surface area contributed by atoms with Crippen molar-refractivity contribution in [3.63, 3.8) is 0 Å². The number of aliphatic hydroxyl groups is 1. The van der Waals surface area contributed by atoms with E-state index in [2.05, 4.69) is 6.92 Å². The summed E-state index contributed by atoms with van der Waals surface area (Å²) in [5, 5.41) is 9.76. The molecule has 0 aromatic heterocycles. The van der Waals surface area contributed by atoms with Crippen molar-refractivity contribution in [3.8, 4) is 0 Å². The van der Waals surface area contributed by atoms with Gasteiger partial charge in [-0.05, 0) is 17.5 Å². The number of halogens is 1. The smallest absolute Gasteiger partial charge is 0.0535 e. The van der Waals surface area contributed by atoms with Gasteiger partial charge >= 0.3 is 0 Å². The largest absolute Gasteiger partial charge is 0.395 e. The van der Waals surface area contributed by atoms with Crippen molar-refractivity contribution < 1.29 is 5.11 Å². The Balaban J connectivity index is 3.08. The van der Waals surface area contributed by atoms with Crippen LogP contribution in [0.3, 0.4) is 0 Å². The molecule has 1 N–H and O–H groups in total. The highest BCUT2D eigenvalue weighted by Crippen LogP contribution is 2.27. The summed E-state index contributed by atoms with van der Waals surface area (Å²) in [7, 11) is 0. The van der Waals surface area contributed by atoms with E-state index in [-0.39, 0.29) is 6.61 Å². The van der Waals surface area contributed by atoms with Crippen LogP contribution in [0.15, 0.2) is 18.2 Å². The van der Waals surface area contributed by atoms with E-state index in [0.717, 1.165) is 28.5 Å². The number of rotatable bonds is 3. The van der Waals surface area contributed by atoms with Crippen LogP contribution in [-0.2, 0) is 6.42 Å². The first-order chi connectivity index (χ1) is 6.20. The highest BCUT2D eigenvalue weighted by atomic mass is 35.5. The van der Waals surface area contributed by atoms with Gasteiger partial charge in [0.2, 0.25) is 0 Å². The van der Waals surface area contributed by atoms with Gasteiger partial charge in [-0.25, -0.2) is 0 Å². The van der Waals surface area contributed by atoms with E-state index in [1.54, 1.807) is 0 Å². The summed E-state index contributed by atoms with van der Waals surface area (Å²) in [6, 6.07) is 5.92. The van der Waals surface area contributed by atoms with Crippen molar-refractivity contribution in [1.82, 2.24) is 0 Å². The molecule has 0 aliphatic heterocycles. The van der Waals surface area contributed by atoms with Crippen LogP contribution in [0.1, 0.15) is 25.0 Å². The monoisotopic (exact) mass is 197 g/mol. The van der Waals surface area contributed by atoms with Crippen LogP contribution in [0.2, 0.25) is 5.02 Å². The van der Waals surface area contributed by atoms with Gasteiger partial charge in [0.15, 0.2) is 0 Å². The molecule has 13 heavy (non-hydrogen) atoms. The van der Waals surface area contributed by atoms with E-state index in [0.29, 0.717) is 0 Å². The molecule has 71 valence electrons. The molecule has 1 aromatic carbocycles. The molecule has 1 rings (SSSR count). The summed E-state index contributed by atoms with van der Waals surface area (Å²) in [6.07, 6.45) is 0.922. The Morgan fingerprint density at radius 1 is 1.46 bits per heavy atom. The predicted molar refractivity (Wildman–Crippen MR) is 55.9 cm³/mol. The van der Waals surface area contributed by atoms with Gasteiger partial charge in [0.25, 0.3) is 0 Å². The van der Waals surface area contributed by atoms with E-state index < -0.39 is 0 Å². The number of benzene rings is 1. The summed E-state index contributed by atoms with van der Waals surface area (Å²) >= 11 is 6.15. The maximum atomic E-state index is 8.98. The van der Waals surface area contributed by atoms with Gasteiger partial charge < -0.3 is 5.11 Å². The Morgan fingerprint density at radius 2 is 2.15 bits per heavy atom. The maximum Gasteiger partial charge on any atom is 0.0535 e. The Morgan fingerprint density at radius 3 is 2.69 bits per heavy atom. The molecule has 0 fully saturated rings. The molecule has 0 aliphatic carbocycles. The fourth-order valence-corrected chi connectivity index (χ4v) is 1.69. The molecule has 0 unspecified atom stereocenters. The zero-order chi connectivity index (χ0) is 9.84. The van der Waals surface area contributed by atoms with E-state index in [9.17, 15) is 0 Å². The predicted octanol–water partition coefficient (Wildman–Crippen LogP) is 2.84. The molecule has 0 spiro atoms. The molecule has 2 heteroatoms. The van der Waals surface area contributed by atoms with Gasteiger partial charge in [-0.1, -0.05) is 43.6 Å². The van der Waals surface area contributed by atoms with Gasteiger partial charge in [0.1, 0.15) is 0 Å². The molecule has 1 radical (unpaired) electrons. The second-order valence-electron chi connectivity index (χ2n) is 3.07. The number of hydrogen-bond acceptors (Lipinski definition) is 1. The molecule has 1 nitrogen and oxygen atoms in total. The van der Waals surface area contributed by atoms with Crippen LogP contribution in [-0.4, -0.2) is 11.7 Å². The quantitative estimate of drug-likeness (QED) is 0.790. The van der Waals surface area contributed by atoms with Crippen molar-refractivity contribution in [3.05, 3.63) is 40.3 Å². The Labute approximate surface area is 84.4 Å². The Hall–Kier alpha value is -0.530. The highest BCUT2D eigenvalue weighted by Gasteiger charge is 2.10. The van der Waals surface area contributed by atoms with Gasteiger partial charge in [-0.2, -0.15) is 0 Å². The zero-order valence-corrected chi connectivity index (χ0v) is 8.73. The summed E-state index contributed by atoms with van der Waals surface area (Å²) in [5.41, 5.74) is 2.09. The average Bonchev–Trinajstić information content (AvgIpc) is 2.17. The SMILES string of the molecule is CCc1cccc([C](C)CO)c1Cl. The average molecular weight is 198 g/mol. The van der Waals surface area contributed by atoms with Crippen molar-refractivity contribution in [1.29, 1.82) is 0 Å². The van der Waals surface area contributed by atoms with Crippen LogP contribution < -0.4 is 0 Å². The Kier molecular flexibility index (Phi) is 3.76. The maximum absolute atomic E-state index is 8.98. The molecular formula is C11H14ClO. The van der Waals surface area contributed by atoms with Crippen LogP contribution in [0.4, 0.5) is 0 Å². The van der Waals surface area contributed by atoms with Gasteiger partial charge in [0.05, 0.1) is 6.61 Å². The zero-order valence-electron chi connectivity index (χ0n) is 7.97. The van der Waals surface area contributed by atoms with Gasteiger partial charge in [-0.3, -0.25) is 0 Å². The van der Waals surface area contributed by atoms with Gasteiger partial charge in [-0.15, -0.1) is 0 Å². The first-order valence-corrected chi connectivity index (χ1v) is 4.79. The lowest BCUT2D eigenvalue weighted by molar-refractivity contribution is 0.315. The third-order valence-electron chi connectivity index (χ3n) is 2.16. The van der Waals surface area contributed by atoms with E-state index in [1.807, 2.05) is 25.1 Å². The molecule has 1 aromatic rings. The van der Waals surface area contributed by atoms with Gasteiger partial charge in [0, 0.05) is 10.9 Å². The van der Waals surface area contributed by atoms with E-state index in [1.165, 1.54) is 0 Å². The minimum Gasteiger partial charge on any atom is -0.395 e. The standard InChI is InChI=1S/C11H14ClO/c1-3-9-5-4-6-10(11(9)12)8(2)7-13/h4-6,13H,3,7H2,1-2H3. The lowest BCUT2D eigenvalue weighted by atomic mass is 9.99.